The number of halogens is 1. The van der Waals surface area contributed by atoms with Gasteiger partial charge in [-0.3, -0.25) is 9.48 Å². The van der Waals surface area contributed by atoms with Gasteiger partial charge in [0.25, 0.3) is 5.56 Å². The van der Waals surface area contributed by atoms with Crippen molar-refractivity contribution in [3.8, 4) is 11.4 Å². The van der Waals surface area contributed by atoms with Crippen LogP contribution >= 0.6 is 11.6 Å². The molecule has 3 rings (SSSR count). The second-order valence-corrected chi connectivity index (χ2v) is 6.31. The summed E-state index contributed by atoms with van der Waals surface area (Å²) < 4.78 is 3.20. The molecule has 0 atom stereocenters. The smallest absolute Gasteiger partial charge is 0.299 e. The Balaban J connectivity index is 0. The molecule has 174 valence electrons. The van der Waals surface area contributed by atoms with Crippen molar-refractivity contribution in [2.24, 2.45) is 17.3 Å². The molecule has 0 radical (unpaired) electrons. The van der Waals surface area contributed by atoms with Crippen molar-refractivity contribution in [3.63, 3.8) is 0 Å². The minimum Gasteiger partial charge on any atom is -2.00 e. The average molecular weight is 546 g/mol. The van der Waals surface area contributed by atoms with Crippen LogP contribution in [0.25, 0.3) is 5.69 Å². The minimum atomic E-state index is -1.75. The van der Waals surface area contributed by atoms with E-state index in [1.807, 2.05) is 30.3 Å². The molecule has 0 aliphatic rings. The molecule has 1 aromatic heterocycles. The van der Waals surface area contributed by atoms with Gasteiger partial charge in [0.2, 0.25) is 0 Å². The van der Waals surface area contributed by atoms with Gasteiger partial charge in [-0.25, -0.2) is 4.68 Å². The Labute approximate surface area is 201 Å². The molecule has 2 aromatic carbocycles. The Hall–Kier alpha value is -3.05. The van der Waals surface area contributed by atoms with Crippen LogP contribution in [0, 0.1) is 29.2 Å². The zero-order valence-electron chi connectivity index (χ0n) is 16.9. The maximum atomic E-state index is 12.7. The van der Waals surface area contributed by atoms with Gasteiger partial charge in [0.1, 0.15) is 0 Å². The first-order valence-corrected chi connectivity index (χ1v) is 8.55. The van der Waals surface area contributed by atoms with E-state index >= 15 is 0 Å². The largest absolute Gasteiger partial charge is 2.00 e. The van der Waals surface area contributed by atoms with Crippen LogP contribution in [0.2, 0.25) is 5.02 Å². The van der Waals surface area contributed by atoms with Crippen molar-refractivity contribution in [2.75, 3.05) is 0 Å². The fourth-order valence-corrected chi connectivity index (χ4v) is 2.65. The van der Waals surface area contributed by atoms with Gasteiger partial charge >= 0.3 is 0 Å². The van der Waals surface area contributed by atoms with E-state index in [1.54, 1.807) is 25.6 Å². The van der Waals surface area contributed by atoms with E-state index in [9.17, 15) is 9.90 Å². The molecule has 14 heteroatoms. The second kappa shape index (κ2) is 13.4. The van der Waals surface area contributed by atoms with Gasteiger partial charge < -0.3 is 31.4 Å². The molecule has 0 fully saturated rings. The summed E-state index contributed by atoms with van der Waals surface area (Å²) in [6, 6.07) is 12.1. The summed E-state index contributed by atoms with van der Waals surface area (Å²) in [7, 11) is 1.77. The number of azo groups is 1. The van der Waals surface area contributed by atoms with Crippen LogP contribution in [-0.4, -0.2) is 14.5 Å². The predicted octanol–water partition coefficient (Wildman–Crippen LogP) is 3.46. The van der Waals surface area contributed by atoms with Crippen LogP contribution in [-0.2, 0) is 39.1 Å². The summed E-state index contributed by atoms with van der Waals surface area (Å²) in [5.41, 5.74) is 2.02. The van der Waals surface area contributed by atoms with Crippen LogP contribution in [0.15, 0.2) is 57.5 Å². The number of rotatable bonds is 3. The van der Waals surface area contributed by atoms with E-state index in [0.717, 1.165) is 5.69 Å². The van der Waals surface area contributed by atoms with Crippen LogP contribution in [0.5, 0.6) is 5.75 Å². The Morgan fingerprint density at radius 3 is 2.09 bits per heavy atom. The third-order valence-corrected chi connectivity index (χ3v) is 4.43. The fourth-order valence-electron chi connectivity index (χ4n) is 2.50. The average Bonchev–Trinajstić information content (AvgIpc) is 2.86. The molecule has 0 unspecified atom stereocenters. The van der Waals surface area contributed by atoms with Crippen molar-refractivity contribution in [1.29, 1.82) is 0 Å². The first-order chi connectivity index (χ1) is 13.6. The van der Waals surface area contributed by atoms with Gasteiger partial charge in [0.15, 0.2) is 5.69 Å². The molecule has 1 heterocycles. The van der Waals surface area contributed by atoms with Crippen LogP contribution in [0.1, 0.15) is 11.3 Å². The Morgan fingerprint density at radius 2 is 1.56 bits per heavy atom. The summed E-state index contributed by atoms with van der Waals surface area (Å²) in [6.45, 7) is 3.51. The number of nitrogens with zero attached hydrogens (tertiary/aromatic N) is 5. The van der Waals surface area contributed by atoms with Crippen molar-refractivity contribution in [1.82, 2.24) is 9.36 Å². The zero-order chi connectivity index (χ0) is 21.7. The molecule has 0 N–H and O–H groups in total. The standard InChI is InChI=1S/C18H17ClN4O2.Mo.NO3.2O/c1-11-9-16(24)15(10-14(11)19)20-21-17-12(2)22(3)23(18(17)25)13-7-5-4-6-8-13;;2-1(3)4;;/h4-10,24H,1-3H3;;;;/q;;-1;2*-2/p-1. The van der Waals surface area contributed by atoms with Gasteiger partial charge in [-0.2, -0.15) is 5.11 Å². The van der Waals surface area contributed by atoms with Crippen molar-refractivity contribution < 1.29 is 42.2 Å². The number of para-hydroxylation sites is 1. The van der Waals surface area contributed by atoms with Crippen molar-refractivity contribution >= 4 is 23.0 Å². The van der Waals surface area contributed by atoms with E-state index in [4.69, 9.17) is 26.9 Å². The van der Waals surface area contributed by atoms with Gasteiger partial charge in [0.05, 0.1) is 22.2 Å². The molecule has 0 spiro atoms. The Morgan fingerprint density at radius 1 is 1.03 bits per heavy atom. The monoisotopic (exact) mass is 547 g/mol. The van der Waals surface area contributed by atoms with Gasteiger partial charge in [-0.05, 0) is 37.6 Å². The number of benzene rings is 2. The second-order valence-electron chi connectivity index (χ2n) is 5.90. The molecule has 0 aliphatic heterocycles. The van der Waals surface area contributed by atoms with Gasteiger partial charge in [-0.15, -0.1) is 5.11 Å². The number of hydrogen-bond donors (Lipinski definition) is 0. The minimum absolute atomic E-state index is 0. The third kappa shape index (κ3) is 7.27. The Bertz CT molecular complexity index is 1130. The third-order valence-electron chi connectivity index (χ3n) is 4.02. The topological polar surface area (TPSA) is 198 Å². The summed E-state index contributed by atoms with van der Waals surface area (Å²) in [5.74, 6) is -0.289. The maximum Gasteiger partial charge on any atom is 0.299 e. The van der Waals surface area contributed by atoms with E-state index < -0.39 is 5.09 Å². The molecule has 0 amide bonds. The normalized spacial score (nSPS) is 9.62. The summed E-state index contributed by atoms with van der Waals surface area (Å²) in [5, 5.41) is 35.1. The molecule has 0 saturated carbocycles. The molecular formula is C18H16ClMoN5O7-6. The fraction of sp³-hybridized carbons (Fsp3) is 0.167. The predicted molar refractivity (Wildman–Crippen MR) is 107 cm³/mol. The van der Waals surface area contributed by atoms with E-state index in [0.29, 0.717) is 16.3 Å². The molecule has 0 aliphatic carbocycles. The molecule has 0 bridgehead atoms. The molecular weight excluding hydrogens is 530 g/mol. The van der Waals surface area contributed by atoms with Crippen LogP contribution in [0.4, 0.5) is 11.4 Å². The maximum absolute atomic E-state index is 12.7. The first-order valence-electron chi connectivity index (χ1n) is 8.18. The number of aromatic nitrogens is 2. The number of aryl methyl sites for hydroxylation is 1. The SMILES string of the molecule is Cc1cc([O-])c(N=Nc2c(C)n(C)n(-c3ccccc3)c2=O)cc1Cl.O=[N+]([O-])[O-].[Mo].[O-2].[O-2]. The van der Waals surface area contributed by atoms with Crippen LogP contribution in [0.3, 0.4) is 0 Å². The summed E-state index contributed by atoms with van der Waals surface area (Å²) in [4.78, 5) is 21.0. The number of hydrogen-bond acceptors (Lipinski definition) is 7. The van der Waals surface area contributed by atoms with E-state index in [-0.39, 0.29) is 54.7 Å². The van der Waals surface area contributed by atoms with E-state index in [2.05, 4.69) is 10.2 Å². The summed E-state index contributed by atoms with van der Waals surface area (Å²) in [6.07, 6.45) is 0. The van der Waals surface area contributed by atoms with E-state index in [1.165, 1.54) is 16.8 Å². The van der Waals surface area contributed by atoms with Crippen LogP contribution < -0.4 is 10.7 Å². The zero-order valence-corrected chi connectivity index (χ0v) is 19.7. The van der Waals surface area contributed by atoms with Crippen molar-refractivity contribution in [2.45, 2.75) is 13.8 Å². The molecule has 32 heavy (non-hydrogen) atoms. The quantitative estimate of drug-likeness (QED) is 0.210. The summed E-state index contributed by atoms with van der Waals surface area (Å²) >= 11 is 6.03. The van der Waals surface area contributed by atoms with Crippen molar-refractivity contribution in [3.05, 3.63) is 84.4 Å². The molecule has 3 aromatic rings. The first kappa shape index (κ1) is 31.1. The molecule has 0 saturated heterocycles. The van der Waals surface area contributed by atoms with Gasteiger partial charge in [0, 0.05) is 33.1 Å². The molecule has 12 nitrogen and oxygen atoms in total. The Kier molecular flexibility index (Phi) is 13.0. The van der Waals surface area contributed by atoms with Gasteiger partial charge in [-0.1, -0.05) is 41.6 Å².